The van der Waals surface area contributed by atoms with Crippen LogP contribution < -0.4 is 4.90 Å². The third-order valence-corrected chi connectivity index (χ3v) is 14.7. The van der Waals surface area contributed by atoms with Gasteiger partial charge in [-0.25, -0.2) is 0 Å². The van der Waals surface area contributed by atoms with Gasteiger partial charge in [0, 0.05) is 33.8 Å². The number of fused-ring (bicyclic) bond motifs is 8. The smallest absolute Gasteiger partial charge is 0.0630 e. The van der Waals surface area contributed by atoms with Crippen molar-refractivity contribution in [2.75, 3.05) is 4.90 Å². The molecular formula is C61H46N2. The monoisotopic (exact) mass is 806 g/mol. The minimum Gasteiger partial charge on any atom is -0.337 e. The van der Waals surface area contributed by atoms with Crippen molar-refractivity contribution >= 4 is 44.3 Å². The summed E-state index contributed by atoms with van der Waals surface area (Å²) in [4.78, 5) is 2.64. The van der Waals surface area contributed by atoms with Crippen molar-refractivity contribution in [2.24, 2.45) is 5.92 Å². The van der Waals surface area contributed by atoms with E-state index >= 15 is 0 Å². The van der Waals surface area contributed by atoms with Gasteiger partial charge in [-0.05, 0) is 129 Å². The molecule has 0 fully saturated rings. The highest BCUT2D eigenvalue weighted by Crippen LogP contribution is 2.59. The van der Waals surface area contributed by atoms with Crippen LogP contribution in [-0.4, -0.2) is 10.6 Å². The molecule has 0 bridgehead atoms. The molecular weight excluding hydrogens is 761 g/mol. The highest BCUT2D eigenvalue weighted by atomic mass is 15.2. The quantitative estimate of drug-likeness (QED) is 0.162. The molecule has 1 aliphatic heterocycles. The van der Waals surface area contributed by atoms with Gasteiger partial charge in [-0.3, -0.25) is 0 Å². The van der Waals surface area contributed by atoms with Gasteiger partial charge >= 0.3 is 0 Å². The molecule has 63 heavy (non-hydrogen) atoms. The minimum atomic E-state index is -0.333. The highest BCUT2D eigenvalue weighted by molar-refractivity contribution is 6.11. The third-order valence-electron chi connectivity index (χ3n) is 14.7. The van der Waals surface area contributed by atoms with E-state index in [9.17, 15) is 0 Å². The number of hydrogen-bond donors (Lipinski definition) is 0. The SMILES string of the molecule is C1=CC(C2(c3ccccc3)c3ccccc3-c3ccccc32)CC(n2c3ccccc3c3ccc(C4=CCC5C(=C4)C4=C(CCC(c6ccccc6)=C4)N5c4ccccc4)cc32)=C1. The summed E-state index contributed by atoms with van der Waals surface area (Å²) >= 11 is 0. The number of benzene rings is 7. The van der Waals surface area contributed by atoms with Crippen molar-refractivity contribution in [1.82, 2.24) is 4.57 Å². The van der Waals surface area contributed by atoms with Crippen molar-refractivity contribution < 1.29 is 0 Å². The second kappa shape index (κ2) is 14.3. The highest BCUT2D eigenvalue weighted by Gasteiger charge is 2.49. The predicted molar refractivity (Wildman–Crippen MR) is 263 cm³/mol. The van der Waals surface area contributed by atoms with E-state index in [-0.39, 0.29) is 17.4 Å². The molecule has 0 N–H and O–H groups in total. The molecule has 8 aromatic rings. The van der Waals surface area contributed by atoms with Gasteiger partial charge in [-0.1, -0.05) is 176 Å². The van der Waals surface area contributed by atoms with Crippen molar-refractivity contribution in [1.29, 1.82) is 0 Å². The zero-order chi connectivity index (χ0) is 41.5. The lowest BCUT2D eigenvalue weighted by Gasteiger charge is -2.40. The molecule has 2 heterocycles. The molecule has 13 rings (SSSR count). The van der Waals surface area contributed by atoms with Gasteiger partial charge < -0.3 is 9.47 Å². The van der Waals surface area contributed by atoms with Crippen LogP contribution in [0.25, 0.3) is 49.8 Å². The van der Waals surface area contributed by atoms with Gasteiger partial charge in [-0.15, -0.1) is 0 Å². The summed E-state index contributed by atoms with van der Waals surface area (Å²) in [6.45, 7) is 0. The van der Waals surface area contributed by atoms with Crippen LogP contribution in [0.4, 0.5) is 5.69 Å². The van der Waals surface area contributed by atoms with Crippen molar-refractivity contribution in [3.63, 3.8) is 0 Å². The Balaban J connectivity index is 0.932. The summed E-state index contributed by atoms with van der Waals surface area (Å²) in [6, 6.07) is 68.0. The van der Waals surface area contributed by atoms with Gasteiger partial charge in [0.05, 0.1) is 22.5 Å². The lowest BCUT2D eigenvalue weighted by Crippen LogP contribution is -2.36. The number of hydrogen-bond acceptors (Lipinski definition) is 1. The Hall–Kier alpha value is -7.42. The zero-order valence-corrected chi connectivity index (χ0v) is 35.2. The summed E-state index contributed by atoms with van der Waals surface area (Å²) in [5, 5.41) is 2.59. The van der Waals surface area contributed by atoms with E-state index in [0.29, 0.717) is 0 Å². The van der Waals surface area contributed by atoms with E-state index < -0.39 is 0 Å². The van der Waals surface area contributed by atoms with E-state index in [1.165, 1.54) is 100 Å². The van der Waals surface area contributed by atoms with Crippen LogP contribution >= 0.6 is 0 Å². The fourth-order valence-electron chi connectivity index (χ4n) is 12.1. The van der Waals surface area contributed by atoms with Gasteiger partial charge in [0.15, 0.2) is 0 Å². The van der Waals surface area contributed by atoms with Crippen LogP contribution in [-0.2, 0) is 5.41 Å². The standard InChI is InChI=1S/C61H46N2/c1-4-17-41(18-5-1)42-32-35-58-53(37-42)54-38-43(33-36-59(54)62(58)47-22-8-3-9-23-47)44-31-34-52-51-27-12-15-30-57(51)63(60(52)39-44)48-24-16-21-46(40-48)61(45-19-6-2-7-20-45)55-28-13-10-25-49(55)50-26-11-14-29-56(50)61/h1-31,33-34,37-39,46,59H,32,35-36,40H2. The van der Waals surface area contributed by atoms with Crippen molar-refractivity contribution in [2.45, 2.75) is 37.1 Å². The Morgan fingerprint density at radius 3 is 2.00 bits per heavy atom. The number of rotatable bonds is 6. The lowest BCUT2D eigenvalue weighted by molar-refractivity contribution is 0.458. The van der Waals surface area contributed by atoms with Gasteiger partial charge in [0.25, 0.3) is 0 Å². The van der Waals surface area contributed by atoms with Crippen molar-refractivity contribution in [3.8, 4) is 11.1 Å². The first-order valence-electron chi connectivity index (χ1n) is 22.7. The predicted octanol–water partition coefficient (Wildman–Crippen LogP) is 15.0. The molecule has 0 saturated carbocycles. The van der Waals surface area contributed by atoms with Crippen LogP contribution in [0.5, 0.6) is 0 Å². The Labute approximate surface area is 369 Å². The molecule has 0 saturated heterocycles. The molecule has 2 atom stereocenters. The second-order valence-corrected chi connectivity index (χ2v) is 17.8. The Morgan fingerprint density at radius 2 is 1.22 bits per heavy atom. The van der Waals surface area contributed by atoms with E-state index in [4.69, 9.17) is 0 Å². The van der Waals surface area contributed by atoms with Crippen LogP contribution in [0.15, 0.2) is 235 Å². The van der Waals surface area contributed by atoms with Crippen molar-refractivity contribution in [3.05, 3.63) is 263 Å². The number of nitrogens with zero attached hydrogens (tertiary/aromatic N) is 2. The second-order valence-electron chi connectivity index (χ2n) is 17.8. The molecule has 2 nitrogen and oxygen atoms in total. The Bertz CT molecular complexity index is 3290. The number of allylic oxidation sites excluding steroid dienone is 9. The maximum Gasteiger partial charge on any atom is 0.0630 e. The minimum absolute atomic E-state index is 0.188. The molecule has 0 amide bonds. The maximum absolute atomic E-state index is 2.64. The fourth-order valence-corrected chi connectivity index (χ4v) is 12.1. The largest absolute Gasteiger partial charge is 0.337 e. The third kappa shape index (κ3) is 5.44. The number of para-hydroxylation sites is 2. The molecule has 4 aliphatic carbocycles. The van der Waals surface area contributed by atoms with E-state index in [1.54, 1.807) is 0 Å². The molecule has 0 radical (unpaired) electrons. The molecule has 0 spiro atoms. The average molecular weight is 807 g/mol. The summed E-state index contributed by atoms with van der Waals surface area (Å²) < 4.78 is 2.58. The van der Waals surface area contributed by atoms with E-state index in [1.807, 2.05) is 0 Å². The average Bonchev–Trinajstić information content (AvgIpc) is 3.98. The summed E-state index contributed by atoms with van der Waals surface area (Å²) in [7, 11) is 0. The van der Waals surface area contributed by atoms with Gasteiger partial charge in [-0.2, -0.15) is 0 Å². The lowest BCUT2D eigenvalue weighted by atomic mass is 9.62. The molecule has 300 valence electrons. The molecule has 2 unspecified atom stereocenters. The fraction of sp³-hybridized carbons (Fsp3) is 0.115. The van der Waals surface area contributed by atoms with E-state index in [0.717, 1.165) is 25.7 Å². The summed E-state index contributed by atoms with van der Waals surface area (Å²) in [5.41, 5.74) is 21.2. The summed E-state index contributed by atoms with van der Waals surface area (Å²) in [6.07, 6.45) is 18.6. The topological polar surface area (TPSA) is 8.17 Å². The first-order chi connectivity index (χ1) is 31.3. The van der Waals surface area contributed by atoms with Crippen LogP contribution in [0.1, 0.15) is 53.5 Å². The molecule has 2 heteroatoms. The first kappa shape index (κ1) is 36.3. The van der Waals surface area contributed by atoms with Crippen LogP contribution in [0, 0.1) is 5.92 Å². The molecule has 5 aliphatic rings. The summed E-state index contributed by atoms with van der Waals surface area (Å²) in [5.74, 6) is 0.188. The molecule has 7 aromatic carbocycles. The normalized spacial score (nSPS) is 19.5. The van der Waals surface area contributed by atoms with Crippen LogP contribution in [0.3, 0.4) is 0 Å². The Morgan fingerprint density at radius 1 is 0.556 bits per heavy atom. The van der Waals surface area contributed by atoms with E-state index in [2.05, 4.69) is 228 Å². The molecule has 1 aromatic heterocycles. The maximum atomic E-state index is 2.64. The number of aromatic nitrogens is 1. The first-order valence-corrected chi connectivity index (χ1v) is 22.7. The zero-order valence-electron chi connectivity index (χ0n) is 35.2. The van der Waals surface area contributed by atoms with Crippen LogP contribution in [0.2, 0.25) is 0 Å². The van der Waals surface area contributed by atoms with Gasteiger partial charge in [0.2, 0.25) is 0 Å². The number of anilines is 1. The Kier molecular flexibility index (Phi) is 8.24. The van der Waals surface area contributed by atoms with Gasteiger partial charge in [0.1, 0.15) is 0 Å².